The van der Waals surface area contributed by atoms with Gasteiger partial charge >= 0.3 is 0 Å². The van der Waals surface area contributed by atoms with Crippen LogP contribution in [0.3, 0.4) is 0 Å². The van der Waals surface area contributed by atoms with Crippen molar-refractivity contribution in [2.75, 3.05) is 0 Å². The Hall–Kier alpha value is -0.680. The lowest BCUT2D eigenvalue weighted by atomic mass is 9.53. The molecular weight excluding hydrogens is 328 g/mol. The summed E-state index contributed by atoms with van der Waals surface area (Å²) in [7, 11) is 0. The molecule has 0 radical (unpaired) electrons. The van der Waals surface area contributed by atoms with Crippen LogP contribution in [0, 0.1) is 23.7 Å². The molecule has 0 spiro atoms. The first kappa shape index (κ1) is 18.7. The zero-order valence-electron chi connectivity index (χ0n) is 15.7. The predicted molar refractivity (Wildman–Crippen MR) is 100 cm³/mol. The van der Waals surface area contributed by atoms with E-state index in [-0.39, 0.29) is 23.7 Å². The number of fused-ring (bicyclic) bond motifs is 2. The summed E-state index contributed by atoms with van der Waals surface area (Å²) in [5.74, 6) is -0.613. The Labute approximate surface area is 156 Å². The summed E-state index contributed by atoms with van der Waals surface area (Å²) in [4.78, 5) is 0. The molecule has 4 nitrogen and oxygen atoms in total. The molecule has 0 aromatic carbocycles. The molecule has 0 aliphatic heterocycles. The van der Waals surface area contributed by atoms with Crippen LogP contribution < -0.4 is 0 Å². The average Bonchev–Trinajstić information content (AvgIpc) is 2.62. The van der Waals surface area contributed by atoms with Crippen LogP contribution in [-0.2, 0) is 0 Å². The standard InChI is InChI=1S/C22H34O4/c1-13-11-15(19(23)17-7-3-5-9-21(13,17)25)16-12-14(2)22(26)10-6-4-8-18(22)20(16)24/h15-20,23-26H,1-12H2/t15?,16?,17-,18-,19+,20+,21-,22-/m0/s1. The van der Waals surface area contributed by atoms with Crippen LogP contribution in [0.15, 0.2) is 24.3 Å². The van der Waals surface area contributed by atoms with Crippen molar-refractivity contribution >= 4 is 0 Å². The van der Waals surface area contributed by atoms with Gasteiger partial charge in [-0.2, -0.15) is 0 Å². The molecule has 0 bridgehead atoms. The van der Waals surface area contributed by atoms with Crippen LogP contribution in [0.5, 0.6) is 0 Å². The largest absolute Gasteiger partial charge is 0.392 e. The molecule has 0 amide bonds. The topological polar surface area (TPSA) is 80.9 Å². The molecule has 4 saturated carbocycles. The molecule has 8 atom stereocenters. The van der Waals surface area contributed by atoms with Crippen LogP contribution in [0.2, 0.25) is 0 Å². The third-order valence-corrected chi connectivity index (χ3v) is 8.31. The molecule has 0 heterocycles. The zero-order valence-corrected chi connectivity index (χ0v) is 15.7. The highest BCUT2D eigenvalue weighted by Crippen LogP contribution is 2.55. The maximum atomic E-state index is 11.2. The molecule has 2 unspecified atom stereocenters. The van der Waals surface area contributed by atoms with Gasteiger partial charge in [-0.1, -0.05) is 38.8 Å². The SMILES string of the molecule is C=C1CC(C2CC(=C)[C@@]3(O)CCCC[C@H]3[C@@H]2O)[C@@H](O)[C@@H]2CCCC[C@]12O. The zero-order chi connectivity index (χ0) is 18.7. The van der Waals surface area contributed by atoms with Crippen LogP contribution >= 0.6 is 0 Å². The van der Waals surface area contributed by atoms with E-state index in [4.69, 9.17) is 0 Å². The summed E-state index contributed by atoms with van der Waals surface area (Å²) in [6, 6.07) is 0. The Bertz CT molecular complexity index is 549. The highest BCUT2D eigenvalue weighted by atomic mass is 16.3. The van der Waals surface area contributed by atoms with E-state index in [9.17, 15) is 20.4 Å². The molecule has 26 heavy (non-hydrogen) atoms. The minimum absolute atomic E-state index is 0.121. The molecule has 4 heteroatoms. The Balaban J connectivity index is 1.61. The van der Waals surface area contributed by atoms with E-state index in [1.807, 2.05) is 0 Å². The Kier molecular flexibility index (Phi) is 4.62. The Morgan fingerprint density at radius 1 is 0.692 bits per heavy atom. The van der Waals surface area contributed by atoms with Gasteiger partial charge in [0.15, 0.2) is 0 Å². The molecular formula is C22H34O4. The second kappa shape index (κ2) is 6.44. The van der Waals surface area contributed by atoms with Crippen molar-refractivity contribution < 1.29 is 20.4 Å². The molecule has 0 aromatic rings. The van der Waals surface area contributed by atoms with Gasteiger partial charge in [0.05, 0.1) is 23.4 Å². The van der Waals surface area contributed by atoms with Gasteiger partial charge in [-0.05, 0) is 61.5 Å². The van der Waals surface area contributed by atoms with Gasteiger partial charge in [0, 0.05) is 11.8 Å². The molecule has 146 valence electrons. The first-order valence-electron chi connectivity index (χ1n) is 10.5. The van der Waals surface area contributed by atoms with Crippen molar-refractivity contribution in [1.82, 2.24) is 0 Å². The van der Waals surface area contributed by atoms with Gasteiger partial charge in [0.1, 0.15) is 0 Å². The van der Waals surface area contributed by atoms with Crippen molar-refractivity contribution in [2.45, 2.75) is 87.6 Å². The van der Waals surface area contributed by atoms with Gasteiger partial charge in [-0.3, -0.25) is 0 Å². The number of hydrogen-bond acceptors (Lipinski definition) is 4. The summed E-state index contributed by atoms with van der Waals surface area (Å²) in [6.45, 7) is 8.35. The quantitative estimate of drug-likeness (QED) is 0.541. The van der Waals surface area contributed by atoms with Crippen molar-refractivity contribution in [3.8, 4) is 0 Å². The van der Waals surface area contributed by atoms with Crippen molar-refractivity contribution in [3.05, 3.63) is 24.3 Å². The van der Waals surface area contributed by atoms with E-state index in [0.29, 0.717) is 25.7 Å². The number of aliphatic hydroxyl groups excluding tert-OH is 2. The fourth-order valence-corrected chi connectivity index (χ4v) is 6.72. The van der Waals surface area contributed by atoms with Crippen LogP contribution in [0.4, 0.5) is 0 Å². The summed E-state index contributed by atoms with van der Waals surface area (Å²) in [5, 5.41) is 44.5. The maximum absolute atomic E-state index is 11.2. The van der Waals surface area contributed by atoms with Gasteiger partial charge < -0.3 is 20.4 Å². The molecule has 0 saturated heterocycles. The minimum atomic E-state index is -0.948. The Morgan fingerprint density at radius 2 is 1.08 bits per heavy atom. The number of hydrogen-bond donors (Lipinski definition) is 4. The van der Waals surface area contributed by atoms with E-state index in [0.717, 1.165) is 49.7 Å². The first-order valence-corrected chi connectivity index (χ1v) is 10.5. The first-order chi connectivity index (χ1) is 12.3. The third kappa shape index (κ3) is 2.56. The lowest BCUT2D eigenvalue weighted by Crippen LogP contribution is -2.60. The van der Waals surface area contributed by atoms with E-state index in [2.05, 4.69) is 13.2 Å². The second-order valence-electron chi connectivity index (χ2n) is 9.48. The van der Waals surface area contributed by atoms with Gasteiger partial charge in [-0.25, -0.2) is 0 Å². The fourth-order valence-electron chi connectivity index (χ4n) is 6.72. The normalized spacial score (nSPS) is 52.3. The maximum Gasteiger partial charge on any atom is 0.0907 e. The van der Waals surface area contributed by atoms with Gasteiger partial charge in [0.2, 0.25) is 0 Å². The van der Waals surface area contributed by atoms with E-state index in [1.54, 1.807) is 0 Å². The minimum Gasteiger partial charge on any atom is -0.392 e. The molecule has 4 aliphatic rings. The monoisotopic (exact) mass is 362 g/mol. The number of aliphatic hydroxyl groups is 4. The fraction of sp³-hybridized carbons (Fsp3) is 0.818. The predicted octanol–water partition coefficient (Wildman–Crippen LogP) is 2.70. The van der Waals surface area contributed by atoms with E-state index in [1.165, 1.54) is 0 Å². The van der Waals surface area contributed by atoms with Gasteiger partial charge in [0.25, 0.3) is 0 Å². The molecule has 4 N–H and O–H groups in total. The molecule has 4 rings (SSSR count). The lowest BCUT2D eigenvalue weighted by molar-refractivity contribution is -0.161. The third-order valence-electron chi connectivity index (χ3n) is 8.31. The van der Waals surface area contributed by atoms with Crippen LogP contribution in [0.25, 0.3) is 0 Å². The van der Waals surface area contributed by atoms with E-state index < -0.39 is 23.4 Å². The summed E-state index contributed by atoms with van der Waals surface area (Å²) in [5.41, 5.74) is -0.258. The van der Waals surface area contributed by atoms with Crippen LogP contribution in [-0.4, -0.2) is 43.8 Å². The van der Waals surface area contributed by atoms with Gasteiger partial charge in [-0.15, -0.1) is 0 Å². The van der Waals surface area contributed by atoms with Crippen molar-refractivity contribution in [2.24, 2.45) is 23.7 Å². The number of rotatable bonds is 1. The van der Waals surface area contributed by atoms with Crippen molar-refractivity contribution in [3.63, 3.8) is 0 Å². The summed E-state index contributed by atoms with van der Waals surface area (Å²) < 4.78 is 0. The highest BCUT2D eigenvalue weighted by Gasteiger charge is 2.57. The molecule has 4 fully saturated rings. The second-order valence-corrected chi connectivity index (χ2v) is 9.48. The smallest absolute Gasteiger partial charge is 0.0907 e. The molecule has 0 aromatic heterocycles. The van der Waals surface area contributed by atoms with Crippen molar-refractivity contribution in [1.29, 1.82) is 0 Å². The molecule has 4 aliphatic carbocycles. The summed E-state index contributed by atoms with van der Waals surface area (Å²) >= 11 is 0. The average molecular weight is 363 g/mol. The Morgan fingerprint density at radius 3 is 1.46 bits per heavy atom. The van der Waals surface area contributed by atoms with E-state index >= 15 is 0 Å². The highest BCUT2D eigenvalue weighted by molar-refractivity contribution is 5.27. The van der Waals surface area contributed by atoms with Crippen LogP contribution in [0.1, 0.15) is 64.2 Å². The lowest BCUT2D eigenvalue weighted by Gasteiger charge is -2.56. The summed E-state index contributed by atoms with van der Waals surface area (Å²) in [6.07, 6.45) is 6.81.